The summed E-state index contributed by atoms with van der Waals surface area (Å²) < 4.78 is 0. The number of carbonyl (C=O) groups is 1. The predicted molar refractivity (Wildman–Crippen MR) is 53.2 cm³/mol. The van der Waals surface area contributed by atoms with Gasteiger partial charge in [0.15, 0.2) is 0 Å². The first kappa shape index (κ1) is 10.3. The average Bonchev–Trinajstić information content (AvgIpc) is 2.18. The van der Waals surface area contributed by atoms with E-state index in [1.807, 2.05) is 20.9 Å². The highest BCUT2D eigenvalue weighted by molar-refractivity contribution is 5.83. The van der Waals surface area contributed by atoms with Crippen LogP contribution < -0.4 is 5.32 Å². The van der Waals surface area contributed by atoms with Crippen molar-refractivity contribution in [3.05, 3.63) is 11.3 Å². The van der Waals surface area contributed by atoms with Crippen LogP contribution >= 0.6 is 0 Å². The second-order valence-corrected chi connectivity index (χ2v) is 3.66. The van der Waals surface area contributed by atoms with E-state index >= 15 is 0 Å². The number of likely N-dealkylation sites (N-methyl/N-ethyl adjacent to an activating group) is 1. The number of rotatable bonds is 1. The lowest BCUT2D eigenvalue weighted by molar-refractivity contribution is -0.124. The molecule has 1 atom stereocenters. The van der Waals surface area contributed by atoms with Crippen molar-refractivity contribution in [1.82, 2.24) is 10.2 Å². The van der Waals surface area contributed by atoms with Crippen LogP contribution in [0.5, 0.6) is 0 Å². The maximum atomic E-state index is 11.5. The van der Waals surface area contributed by atoms with Crippen molar-refractivity contribution in [2.24, 2.45) is 0 Å². The maximum absolute atomic E-state index is 11.5. The molecule has 1 heterocycles. The highest BCUT2D eigenvalue weighted by atomic mass is 16.2. The molecule has 3 heteroatoms. The Hall–Kier alpha value is -0.830. The first-order chi connectivity index (χ1) is 6.06. The van der Waals surface area contributed by atoms with Gasteiger partial charge in [-0.05, 0) is 32.9 Å². The van der Waals surface area contributed by atoms with Gasteiger partial charge in [0.05, 0.1) is 6.04 Å². The molecule has 0 fully saturated rings. The van der Waals surface area contributed by atoms with Gasteiger partial charge in [0.1, 0.15) is 0 Å². The summed E-state index contributed by atoms with van der Waals surface area (Å²) in [6.45, 7) is 6.92. The first-order valence-electron chi connectivity index (χ1n) is 4.76. The zero-order chi connectivity index (χ0) is 10.0. The third kappa shape index (κ3) is 2.10. The normalized spacial score (nSPS) is 25.8. The number of nitrogens with zero attached hydrogens (tertiary/aromatic N) is 1. The van der Waals surface area contributed by atoms with Crippen LogP contribution in [0, 0.1) is 0 Å². The Morgan fingerprint density at radius 3 is 2.77 bits per heavy atom. The van der Waals surface area contributed by atoms with E-state index < -0.39 is 0 Å². The third-order valence-electron chi connectivity index (χ3n) is 2.75. The molecule has 0 radical (unpaired) electrons. The molecule has 0 aromatic carbocycles. The van der Waals surface area contributed by atoms with Crippen LogP contribution in [0.1, 0.15) is 27.2 Å². The van der Waals surface area contributed by atoms with E-state index in [2.05, 4.69) is 17.1 Å². The van der Waals surface area contributed by atoms with Crippen LogP contribution in [-0.2, 0) is 4.79 Å². The minimum atomic E-state index is -0.0287. The molecule has 0 unspecified atom stereocenters. The fourth-order valence-corrected chi connectivity index (χ4v) is 1.51. The van der Waals surface area contributed by atoms with E-state index in [4.69, 9.17) is 0 Å². The second kappa shape index (κ2) is 3.92. The van der Waals surface area contributed by atoms with Crippen molar-refractivity contribution in [1.29, 1.82) is 0 Å². The van der Waals surface area contributed by atoms with E-state index in [0.717, 1.165) is 18.7 Å². The Morgan fingerprint density at radius 2 is 2.23 bits per heavy atom. The van der Waals surface area contributed by atoms with Crippen LogP contribution in [0.3, 0.4) is 0 Å². The van der Waals surface area contributed by atoms with Crippen LogP contribution in [0.2, 0.25) is 0 Å². The predicted octanol–water partition coefficient (Wildman–Crippen LogP) is 1.12. The second-order valence-electron chi connectivity index (χ2n) is 3.66. The van der Waals surface area contributed by atoms with Gasteiger partial charge in [-0.3, -0.25) is 9.69 Å². The highest BCUT2D eigenvalue weighted by Crippen LogP contribution is 2.13. The van der Waals surface area contributed by atoms with Gasteiger partial charge >= 0.3 is 0 Å². The standard InChI is InChI=1S/C10H18N2O/c1-5-9-6-12(4)8(3)10(13)11-7(9)2/h8H,5-6H2,1-4H3,(H,11,13)/t8-/m1/s1. The Bertz CT molecular complexity index is 245. The van der Waals surface area contributed by atoms with Crippen LogP contribution in [0.15, 0.2) is 11.3 Å². The van der Waals surface area contributed by atoms with E-state index in [1.54, 1.807) is 0 Å². The molecule has 0 aromatic rings. The van der Waals surface area contributed by atoms with Crippen molar-refractivity contribution >= 4 is 5.91 Å². The summed E-state index contributed by atoms with van der Waals surface area (Å²) in [5.41, 5.74) is 2.35. The molecule has 0 saturated heterocycles. The van der Waals surface area contributed by atoms with Crippen molar-refractivity contribution in [2.75, 3.05) is 13.6 Å². The van der Waals surface area contributed by atoms with Crippen molar-refractivity contribution in [3.8, 4) is 0 Å². The monoisotopic (exact) mass is 182 g/mol. The molecular formula is C10H18N2O. The van der Waals surface area contributed by atoms with Crippen LogP contribution in [-0.4, -0.2) is 30.4 Å². The number of carbonyl (C=O) groups excluding carboxylic acids is 1. The van der Waals surface area contributed by atoms with Crippen molar-refractivity contribution in [3.63, 3.8) is 0 Å². The summed E-state index contributed by atoms with van der Waals surface area (Å²) in [6, 6.07) is -0.0287. The molecule has 1 rings (SSSR count). The molecule has 1 N–H and O–H groups in total. The molecule has 0 bridgehead atoms. The lowest BCUT2D eigenvalue weighted by atomic mass is 10.1. The lowest BCUT2D eigenvalue weighted by Gasteiger charge is -2.20. The lowest BCUT2D eigenvalue weighted by Crippen LogP contribution is -2.40. The molecule has 1 aliphatic rings. The molecular weight excluding hydrogens is 164 g/mol. The summed E-state index contributed by atoms with van der Waals surface area (Å²) in [5, 5.41) is 2.92. The fourth-order valence-electron chi connectivity index (χ4n) is 1.51. The maximum Gasteiger partial charge on any atom is 0.241 e. The zero-order valence-corrected chi connectivity index (χ0v) is 8.85. The number of allylic oxidation sites excluding steroid dienone is 1. The number of amides is 1. The molecule has 13 heavy (non-hydrogen) atoms. The number of hydrogen-bond donors (Lipinski definition) is 1. The minimum Gasteiger partial charge on any atom is -0.329 e. The molecule has 0 aromatic heterocycles. The molecule has 0 spiro atoms. The van der Waals surface area contributed by atoms with Gasteiger partial charge in [-0.25, -0.2) is 0 Å². The number of hydrogen-bond acceptors (Lipinski definition) is 2. The third-order valence-corrected chi connectivity index (χ3v) is 2.75. The number of nitrogens with one attached hydrogen (secondary N) is 1. The Balaban J connectivity index is 2.88. The van der Waals surface area contributed by atoms with E-state index in [1.165, 1.54) is 5.57 Å². The van der Waals surface area contributed by atoms with Gasteiger partial charge in [0.25, 0.3) is 0 Å². The van der Waals surface area contributed by atoms with Gasteiger partial charge in [0, 0.05) is 12.2 Å². The van der Waals surface area contributed by atoms with E-state index in [0.29, 0.717) is 0 Å². The molecule has 1 amide bonds. The Morgan fingerprint density at radius 1 is 1.62 bits per heavy atom. The minimum absolute atomic E-state index is 0.0287. The Kier molecular flexibility index (Phi) is 3.09. The fraction of sp³-hybridized carbons (Fsp3) is 0.700. The van der Waals surface area contributed by atoms with Gasteiger partial charge in [-0.15, -0.1) is 0 Å². The van der Waals surface area contributed by atoms with E-state index in [9.17, 15) is 4.79 Å². The topological polar surface area (TPSA) is 32.3 Å². The summed E-state index contributed by atoms with van der Waals surface area (Å²) in [6.07, 6.45) is 1.00. The van der Waals surface area contributed by atoms with Gasteiger partial charge in [0.2, 0.25) is 5.91 Å². The average molecular weight is 182 g/mol. The quantitative estimate of drug-likeness (QED) is 0.659. The van der Waals surface area contributed by atoms with Crippen LogP contribution in [0.4, 0.5) is 0 Å². The SMILES string of the molecule is CCC1=C(C)NC(=O)[C@@H](C)N(C)C1. The summed E-state index contributed by atoms with van der Waals surface area (Å²) in [7, 11) is 1.98. The summed E-state index contributed by atoms with van der Waals surface area (Å²) >= 11 is 0. The molecule has 0 saturated carbocycles. The van der Waals surface area contributed by atoms with E-state index in [-0.39, 0.29) is 11.9 Å². The van der Waals surface area contributed by atoms with Gasteiger partial charge in [-0.2, -0.15) is 0 Å². The first-order valence-corrected chi connectivity index (χ1v) is 4.76. The zero-order valence-electron chi connectivity index (χ0n) is 8.85. The summed E-state index contributed by atoms with van der Waals surface area (Å²) in [4.78, 5) is 13.6. The molecule has 1 aliphatic heterocycles. The van der Waals surface area contributed by atoms with Gasteiger partial charge in [-0.1, -0.05) is 6.92 Å². The van der Waals surface area contributed by atoms with Crippen LogP contribution in [0.25, 0.3) is 0 Å². The smallest absolute Gasteiger partial charge is 0.241 e. The van der Waals surface area contributed by atoms with Gasteiger partial charge < -0.3 is 5.32 Å². The molecule has 74 valence electrons. The largest absolute Gasteiger partial charge is 0.329 e. The van der Waals surface area contributed by atoms with Crippen molar-refractivity contribution < 1.29 is 4.79 Å². The highest BCUT2D eigenvalue weighted by Gasteiger charge is 2.22. The molecule has 0 aliphatic carbocycles. The Labute approximate surface area is 79.8 Å². The summed E-state index contributed by atoms with van der Waals surface area (Å²) in [5.74, 6) is 0.100. The van der Waals surface area contributed by atoms with Crippen molar-refractivity contribution in [2.45, 2.75) is 33.2 Å². The molecule has 3 nitrogen and oxygen atoms in total.